The highest BCUT2D eigenvalue weighted by Crippen LogP contribution is 2.23. The van der Waals surface area contributed by atoms with Crippen molar-refractivity contribution in [1.29, 1.82) is 0 Å². The molecule has 0 spiro atoms. The highest BCUT2D eigenvalue weighted by Gasteiger charge is 2.12. The smallest absolute Gasteiger partial charge is 0.193 e. The van der Waals surface area contributed by atoms with E-state index in [1.165, 1.54) is 12.1 Å². The van der Waals surface area contributed by atoms with Crippen LogP contribution in [-0.4, -0.2) is 13.3 Å². The van der Waals surface area contributed by atoms with Gasteiger partial charge >= 0.3 is 0 Å². The Morgan fingerprint density at radius 2 is 1.62 bits per heavy atom. The van der Waals surface area contributed by atoms with Gasteiger partial charge in [-0.15, -0.1) is 0 Å². The van der Waals surface area contributed by atoms with E-state index in [0.29, 0.717) is 25.1 Å². The summed E-state index contributed by atoms with van der Waals surface area (Å²) in [6.07, 6.45) is 0.415. The number of hydrogen-bond donors (Lipinski definition) is 1. The highest BCUT2D eigenvalue weighted by atomic mass is 19.1. The Balaban J connectivity index is 1.88. The first kappa shape index (κ1) is 15.4. The summed E-state index contributed by atoms with van der Waals surface area (Å²) in [6, 6.07) is 11.9. The number of benzene rings is 2. The number of rotatable bonds is 7. The predicted octanol–water partition coefficient (Wildman–Crippen LogP) is 3.02. The summed E-state index contributed by atoms with van der Waals surface area (Å²) in [7, 11) is 0. The minimum atomic E-state index is -0.748. The number of nitrogens with two attached hydrogens (primary N) is 1. The van der Waals surface area contributed by atoms with Crippen LogP contribution in [0.5, 0.6) is 5.75 Å². The second-order valence-electron chi connectivity index (χ2n) is 4.52. The molecular weight excluding hydrogens is 276 g/mol. The summed E-state index contributed by atoms with van der Waals surface area (Å²) in [4.78, 5) is 0. The lowest BCUT2D eigenvalue weighted by Crippen LogP contribution is -2.08. The zero-order valence-electron chi connectivity index (χ0n) is 11.5. The van der Waals surface area contributed by atoms with Gasteiger partial charge in [-0.25, -0.2) is 8.78 Å². The van der Waals surface area contributed by atoms with Crippen LogP contribution in [-0.2, 0) is 17.8 Å². The third-order valence-electron chi connectivity index (χ3n) is 2.89. The molecule has 21 heavy (non-hydrogen) atoms. The predicted molar refractivity (Wildman–Crippen MR) is 75.8 cm³/mol. The van der Waals surface area contributed by atoms with Crippen molar-refractivity contribution >= 4 is 0 Å². The van der Waals surface area contributed by atoms with Crippen LogP contribution < -0.4 is 10.5 Å². The average Bonchev–Trinajstić information content (AvgIpc) is 2.47. The Bertz CT molecular complexity index is 553. The van der Waals surface area contributed by atoms with Gasteiger partial charge in [0, 0.05) is 0 Å². The molecule has 2 rings (SSSR count). The molecule has 0 saturated carbocycles. The number of hydrogen-bond acceptors (Lipinski definition) is 3. The fraction of sp³-hybridized carbons (Fsp3) is 0.250. The fourth-order valence-electron chi connectivity index (χ4n) is 1.90. The molecule has 0 radical (unpaired) electrons. The van der Waals surface area contributed by atoms with E-state index in [0.717, 1.165) is 5.56 Å². The van der Waals surface area contributed by atoms with Gasteiger partial charge in [-0.3, -0.25) is 0 Å². The second kappa shape index (κ2) is 7.71. The fourth-order valence-corrected chi connectivity index (χ4v) is 1.90. The van der Waals surface area contributed by atoms with Crippen LogP contribution in [0.15, 0.2) is 42.5 Å². The molecule has 0 amide bonds. The lowest BCUT2D eigenvalue weighted by molar-refractivity contribution is 0.000843. The van der Waals surface area contributed by atoms with E-state index >= 15 is 0 Å². The number of halogens is 2. The molecule has 0 bridgehead atoms. The van der Waals surface area contributed by atoms with Crippen molar-refractivity contribution in [1.82, 2.24) is 0 Å². The Morgan fingerprint density at radius 3 is 2.24 bits per heavy atom. The second-order valence-corrected chi connectivity index (χ2v) is 4.52. The summed E-state index contributed by atoms with van der Waals surface area (Å²) in [5.41, 5.74) is 6.82. The topological polar surface area (TPSA) is 44.5 Å². The van der Waals surface area contributed by atoms with Gasteiger partial charge in [0.1, 0.15) is 0 Å². The van der Waals surface area contributed by atoms with E-state index in [-0.39, 0.29) is 6.79 Å². The van der Waals surface area contributed by atoms with Crippen LogP contribution >= 0.6 is 0 Å². The molecular formula is C16H17F2NO2. The van der Waals surface area contributed by atoms with Crippen molar-refractivity contribution in [2.45, 2.75) is 13.0 Å². The van der Waals surface area contributed by atoms with Gasteiger partial charge in [-0.1, -0.05) is 30.3 Å². The molecule has 5 heteroatoms. The molecule has 0 aromatic heterocycles. The lowest BCUT2D eigenvalue weighted by Gasteiger charge is -2.10. The van der Waals surface area contributed by atoms with Crippen molar-refractivity contribution in [3.63, 3.8) is 0 Å². The number of ether oxygens (including phenoxy) is 2. The quantitative estimate of drug-likeness (QED) is 0.630. The molecule has 0 saturated heterocycles. The summed E-state index contributed by atoms with van der Waals surface area (Å²) >= 11 is 0. The van der Waals surface area contributed by atoms with Gasteiger partial charge in [0.25, 0.3) is 0 Å². The first-order valence-corrected chi connectivity index (χ1v) is 6.63. The highest BCUT2D eigenvalue weighted by molar-refractivity contribution is 5.31. The van der Waals surface area contributed by atoms with Gasteiger partial charge < -0.3 is 15.2 Å². The minimum Gasteiger partial charge on any atom is -0.461 e. The van der Waals surface area contributed by atoms with E-state index in [9.17, 15) is 8.78 Å². The molecule has 2 N–H and O–H groups in total. The Morgan fingerprint density at radius 1 is 0.952 bits per heavy atom. The summed E-state index contributed by atoms with van der Waals surface area (Å²) in [5.74, 6) is -1.92. The van der Waals surface area contributed by atoms with Gasteiger partial charge in [0.2, 0.25) is 0 Å². The van der Waals surface area contributed by atoms with Crippen LogP contribution in [0.2, 0.25) is 0 Å². The van der Waals surface area contributed by atoms with Crippen molar-refractivity contribution in [3.05, 3.63) is 65.2 Å². The van der Waals surface area contributed by atoms with Crippen molar-refractivity contribution in [2.24, 2.45) is 5.73 Å². The third kappa shape index (κ3) is 4.51. The monoisotopic (exact) mass is 293 g/mol. The third-order valence-corrected chi connectivity index (χ3v) is 2.89. The molecule has 0 aliphatic carbocycles. The molecule has 0 atom stereocenters. The average molecular weight is 293 g/mol. The minimum absolute atomic E-state index is 0.223. The van der Waals surface area contributed by atoms with Gasteiger partial charge in [-0.2, -0.15) is 0 Å². The molecule has 2 aromatic rings. The van der Waals surface area contributed by atoms with Gasteiger partial charge in [0.05, 0.1) is 6.61 Å². The molecule has 2 aromatic carbocycles. The molecule has 3 nitrogen and oxygen atoms in total. The van der Waals surface area contributed by atoms with Gasteiger partial charge in [-0.05, 0) is 36.2 Å². The maximum absolute atomic E-state index is 13.7. The lowest BCUT2D eigenvalue weighted by atomic mass is 10.1. The first-order valence-electron chi connectivity index (χ1n) is 6.63. The van der Waals surface area contributed by atoms with E-state index < -0.39 is 17.4 Å². The van der Waals surface area contributed by atoms with E-state index in [1.807, 2.05) is 30.3 Å². The molecule has 0 unspecified atom stereocenters. The van der Waals surface area contributed by atoms with Crippen LogP contribution in [0.1, 0.15) is 11.1 Å². The van der Waals surface area contributed by atoms with E-state index in [4.69, 9.17) is 15.2 Å². The van der Waals surface area contributed by atoms with Crippen LogP contribution in [0.25, 0.3) is 0 Å². The molecule has 0 heterocycles. The summed E-state index contributed by atoms with van der Waals surface area (Å²) in [6.45, 7) is 0.424. The zero-order chi connectivity index (χ0) is 15.1. The Kier molecular flexibility index (Phi) is 5.66. The first-order chi connectivity index (χ1) is 10.2. The van der Waals surface area contributed by atoms with Crippen LogP contribution in [0.3, 0.4) is 0 Å². The normalized spacial score (nSPS) is 10.6. The maximum Gasteiger partial charge on any atom is 0.193 e. The molecule has 0 fully saturated rings. The zero-order valence-corrected chi connectivity index (χ0v) is 11.5. The Labute approximate surface area is 122 Å². The van der Waals surface area contributed by atoms with E-state index in [2.05, 4.69) is 0 Å². The summed E-state index contributed by atoms with van der Waals surface area (Å²) in [5, 5.41) is 0. The SMILES string of the molecule is NCCc1cc(F)c(OCOCc2ccccc2)c(F)c1. The van der Waals surface area contributed by atoms with Crippen molar-refractivity contribution < 1.29 is 18.3 Å². The maximum atomic E-state index is 13.7. The van der Waals surface area contributed by atoms with Crippen LogP contribution in [0.4, 0.5) is 8.78 Å². The van der Waals surface area contributed by atoms with Crippen LogP contribution in [0, 0.1) is 11.6 Å². The Hall–Kier alpha value is -1.98. The molecule has 112 valence electrons. The summed E-state index contributed by atoms with van der Waals surface area (Å²) < 4.78 is 37.7. The standard InChI is InChI=1S/C16H17F2NO2/c17-14-8-13(6-7-19)9-15(18)16(14)21-11-20-10-12-4-2-1-3-5-12/h1-5,8-9H,6-7,10-11,19H2. The molecule has 0 aliphatic rings. The molecule has 0 aliphatic heterocycles. The largest absolute Gasteiger partial charge is 0.461 e. The van der Waals surface area contributed by atoms with Crippen molar-refractivity contribution in [3.8, 4) is 5.75 Å². The van der Waals surface area contributed by atoms with Gasteiger partial charge in [0.15, 0.2) is 24.2 Å². The van der Waals surface area contributed by atoms with Crippen molar-refractivity contribution in [2.75, 3.05) is 13.3 Å². The van der Waals surface area contributed by atoms with E-state index in [1.54, 1.807) is 0 Å².